The molecule has 2 N–H and O–H groups in total. The Morgan fingerprint density at radius 3 is 2.62 bits per heavy atom. The lowest BCUT2D eigenvalue weighted by Crippen LogP contribution is -2.54. The summed E-state index contributed by atoms with van der Waals surface area (Å²) in [5, 5.41) is 12.8. The highest BCUT2D eigenvalue weighted by Gasteiger charge is 2.33. The standard InChI is InChI=1S/C16H22N2O3/c1-12(17-14(19)13-7-4-3-5-8-13)15(20)18-10-6-9-16(2,21)11-18/h3-5,7-8,12,21H,6,9-11H2,1-2H3,(H,17,19). The molecule has 1 aromatic carbocycles. The van der Waals surface area contributed by atoms with Gasteiger partial charge in [-0.2, -0.15) is 0 Å². The smallest absolute Gasteiger partial charge is 0.251 e. The van der Waals surface area contributed by atoms with E-state index in [2.05, 4.69) is 5.32 Å². The lowest BCUT2D eigenvalue weighted by molar-refractivity contribution is -0.139. The lowest BCUT2D eigenvalue weighted by Gasteiger charge is -2.38. The molecule has 1 aromatic rings. The van der Waals surface area contributed by atoms with Crippen molar-refractivity contribution < 1.29 is 14.7 Å². The second-order valence-electron chi connectivity index (χ2n) is 5.92. The molecule has 0 bridgehead atoms. The number of piperidine rings is 1. The zero-order chi connectivity index (χ0) is 15.5. The van der Waals surface area contributed by atoms with E-state index in [-0.39, 0.29) is 11.8 Å². The summed E-state index contributed by atoms with van der Waals surface area (Å²) in [5.74, 6) is -0.417. The number of likely N-dealkylation sites (tertiary alicyclic amines) is 1. The molecular formula is C16H22N2O3. The molecule has 2 atom stereocenters. The molecule has 5 nitrogen and oxygen atoms in total. The minimum atomic E-state index is -0.836. The fourth-order valence-electron chi connectivity index (χ4n) is 2.61. The van der Waals surface area contributed by atoms with Gasteiger partial charge in [-0.25, -0.2) is 0 Å². The van der Waals surface area contributed by atoms with Crippen LogP contribution in [0.5, 0.6) is 0 Å². The van der Waals surface area contributed by atoms with E-state index in [0.29, 0.717) is 25.1 Å². The first-order chi connectivity index (χ1) is 9.89. The molecule has 0 spiro atoms. The van der Waals surface area contributed by atoms with Gasteiger partial charge >= 0.3 is 0 Å². The molecule has 0 aliphatic carbocycles. The molecule has 1 fully saturated rings. The summed E-state index contributed by atoms with van der Waals surface area (Å²) < 4.78 is 0. The molecule has 2 rings (SSSR count). The minimum absolute atomic E-state index is 0.153. The normalized spacial score (nSPS) is 23.5. The summed E-state index contributed by atoms with van der Waals surface area (Å²) in [7, 11) is 0. The van der Waals surface area contributed by atoms with Gasteiger partial charge in [-0.3, -0.25) is 9.59 Å². The SMILES string of the molecule is CC(NC(=O)c1ccccc1)C(=O)N1CCCC(C)(O)C1. The number of β-amino-alcohol motifs (C(OH)–C–C–N with tert-alkyl or cyclic N) is 1. The van der Waals surface area contributed by atoms with Gasteiger partial charge in [0.1, 0.15) is 6.04 Å². The number of nitrogens with one attached hydrogen (secondary N) is 1. The van der Waals surface area contributed by atoms with E-state index in [4.69, 9.17) is 0 Å². The monoisotopic (exact) mass is 290 g/mol. The van der Waals surface area contributed by atoms with E-state index in [9.17, 15) is 14.7 Å². The van der Waals surface area contributed by atoms with Crippen LogP contribution in [-0.4, -0.2) is 46.6 Å². The molecule has 0 aromatic heterocycles. The van der Waals surface area contributed by atoms with E-state index >= 15 is 0 Å². The van der Waals surface area contributed by atoms with Crippen LogP contribution in [0.15, 0.2) is 30.3 Å². The highest BCUT2D eigenvalue weighted by atomic mass is 16.3. The second-order valence-corrected chi connectivity index (χ2v) is 5.92. The van der Waals surface area contributed by atoms with Crippen molar-refractivity contribution in [2.45, 2.75) is 38.3 Å². The van der Waals surface area contributed by atoms with Crippen LogP contribution < -0.4 is 5.32 Å². The van der Waals surface area contributed by atoms with Gasteiger partial charge in [-0.05, 0) is 38.8 Å². The first-order valence-electron chi connectivity index (χ1n) is 7.26. The van der Waals surface area contributed by atoms with E-state index in [1.165, 1.54) is 0 Å². The van der Waals surface area contributed by atoms with E-state index in [1.54, 1.807) is 43.0 Å². The van der Waals surface area contributed by atoms with E-state index in [1.807, 2.05) is 6.07 Å². The van der Waals surface area contributed by atoms with Gasteiger partial charge in [-0.1, -0.05) is 18.2 Å². The summed E-state index contributed by atoms with van der Waals surface area (Å²) in [4.78, 5) is 26.0. The largest absolute Gasteiger partial charge is 0.388 e. The lowest BCUT2D eigenvalue weighted by atomic mass is 9.95. The molecule has 1 saturated heterocycles. The number of amides is 2. The Bertz CT molecular complexity index is 514. The second kappa shape index (κ2) is 6.26. The van der Waals surface area contributed by atoms with Crippen molar-refractivity contribution in [3.63, 3.8) is 0 Å². The van der Waals surface area contributed by atoms with Crippen molar-refractivity contribution in [1.29, 1.82) is 0 Å². The average Bonchev–Trinajstić information content (AvgIpc) is 2.46. The maximum absolute atomic E-state index is 12.4. The molecule has 0 saturated carbocycles. The molecule has 2 amide bonds. The predicted molar refractivity (Wildman–Crippen MR) is 79.8 cm³/mol. The Hall–Kier alpha value is -1.88. The molecule has 0 radical (unpaired) electrons. The topological polar surface area (TPSA) is 69.6 Å². The number of nitrogens with zero attached hydrogens (tertiary/aromatic N) is 1. The Balaban J connectivity index is 1.95. The number of carbonyl (C=O) groups is 2. The average molecular weight is 290 g/mol. The van der Waals surface area contributed by atoms with Gasteiger partial charge < -0.3 is 15.3 Å². The Kier molecular flexibility index (Phi) is 4.63. The van der Waals surface area contributed by atoms with Gasteiger partial charge in [-0.15, -0.1) is 0 Å². The third kappa shape index (κ3) is 4.04. The number of hydrogen-bond acceptors (Lipinski definition) is 3. The van der Waals surface area contributed by atoms with E-state index in [0.717, 1.165) is 6.42 Å². The minimum Gasteiger partial charge on any atom is -0.388 e. The zero-order valence-electron chi connectivity index (χ0n) is 12.5. The Labute approximate surface area is 125 Å². The third-order valence-electron chi connectivity index (χ3n) is 3.74. The summed E-state index contributed by atoms with van der Waals surface area (Å²) in [6.07, 6.45) is 1.47. The van der Waals surface area contributed by atoms with Crippen LogP contribution in [0.3, 0.4) is 0 Å². The molecular weight excluding hydrogens is 268 g/mol. The quantitative estimate of drug-likeness (QED) is 0.878. The Morgan fingerprint density at radius 1 is 1.33 bits per heavy atom. The van der Waals surface area contributed by atoms with Gasteiger partial charge in [0.15, 0.2) is 0 Å². The summed E-state index contributed by atoms with van der Waals surface area (Å²) in [5.41, 5.74) is -0.306. The zero-order valence-corrected chi connectivity index (χ0v) is 12.5. The van der Waals surface area contributed by atoms with Crippen molar-refractivity contribution in [3.8, 4) is 0 Å². The summed E-state index contributed by atoms with van der Waals surface area (Å²) in [6, 6.07) is 8.20. The number of hydrogen-bond donors (Lipinski definition) is 2. The summed E-state index contributed by atoms with van der Waals surface area (Å²) >= 11 is 0. The van der Waals surface area contributed by atoms with Crippen molar-refractivity contribution in [1.82, 2.24) is 10.2 Å². The van der Waals surface area contributed by atoms with Crippen molar-refractivity contribution in [2.24, 2.45) is 0 Å². The molecule has 2 unspecified atom stereocenters. The maximum atomic E-state index is 12.4. The number of carbonyl (C=O) groups excluding carboxylic acids is 2. The van der Waals surface area contributed by atoms with Crippen LogP contribution in [0.1, 0.15) is 37.0 Å². The number of benzene rings is 1. The van der Waals surface area contributed by atoms with Crippen LogP contribution >= 0.6 is 0 Å². The third-order valence-corrected chi connectivity index (χ3v) is 3.74. The maximum Gasteiger partial charge on any atom is 0.251 e. The van der Waals surface area contributed by atoms with Crippen LogP contribution in [0.25, 0.3) is 0 Å². The van der Waals surface area contributed by atoms with Crippen LogP contribution in [0, 0.1) is 0 Å². The summed E-state index contributed by atoms with van der Waals surface area (Å²) in [6.45, 7) is 4.35. The molecule has 1 heterocycles. The van der Waals surface area contributed by atoms with Crippen LogP contribution in [0.4, 0.5) is 0 Å². The Morgan fingerprint density at radius 2 is 2.00 bits per heavy atom. The van der Waals surface area contributed by atoms with Gasteiger partial charge in [0, 0.05) is 18.7 Å². The molecule has 5 heteroatoms. The van der Waals surface area contributed by atoms with E-state index < -0.39 is 11.6 Å². The predicted octanol–water partition coefficient (Wildman–Crippen LogP) is 1.18. The highest BCUT2D eigenvalue weighted by molar-refractivity contribution is 5.97. The van der Waals surface area contributed by atoms with Crippen molar-refractivity contribution in [3.05, 3.63) is 35.9 Å². The molecule has 1 aliphatic rings. The van der Waals surface area contributed by atoms with Crippen molar-refractivity contribution in [2.75, 3.05) is 13.1 Å². The van der Waals surface area contributed by atoms with Crippen LogP contribution in [0.2, 0.25) is 0 Å². The number of aliphatic hydroxyl groups is 1. The highest BCUT2D eigenvalue weighted by Crippen LogP contribution is 2.20. The molecule has 21 heavy (non-hydrogen) atoms. The number of rotatable bonds is 3. The fraction of sp³-hybridized carbons (Fsp3) is 0.500. The van der Waals surface area contributed by atoms with Gasteiger partial charge in [0.05, 0.1) is 5.60 Å². The van der Waals surface area contributed by atoms with Crippen molar-refractivity contribution >= 4 is 11.8 Å². The van der Waals surface area contributed by atoms with Crippen LogP contribution in [-0.2, 0) is 4.79 Å². The first-order valence-corrected chi connectivity index (χ1v) is 7.26. The van der Waals surface area contributed by atoms with Gasteiger partial charge in [0.25, 0.3) is 5.91 Å². The first kappa shape index (κ1) is 15.5. The molecule has 1 aliphatic heterocycles. The molecule has 114 valence electrons. The van der Waals surface area contributed by atoms with Gasteiger partial charge in [0.2, 0.25) is 5.91 Å². The fourth-order valence-corrected chi connectivity index (χ4v) is 2.61.